The minimum absolute atomic E-state index is 0.0324. The zero-order valence-electron chi connectivity index (χ0n) is 7.19. The number of aliphatic hydroxyl groups is 2. The van der Waals surface area contributed by atoms with E-state index < -0.39 is 12.2 Å². The zero-order valence-corrected chi connectivity index (χ0v) is 7.19. The third kappa shape index (κ3) is 1.55. The summed E-state index contributed by atoms with van der Waals surface area (Å²) in [6, 6.07) is 0. The Bertz CT molecular complexity index is 135. The maximum Gasteiger partial charge on any atom is 0.0887 e. The fraction of sp³-hybridized carbons (Fsp3) is 1.00. The lowest BCUT2D eigenvalue weighted by Gasteiger charge is -2.17. The van der Waals surface area contributed by atoms with Crippen molar-refractivity contribution in [1.29, 1.82) is 0 Å². The fourth-order valence-corrected chi connectivity index (χ4v) is 1.63. The largest absolute Gasteiger partial charge is 0.391 e. The molecule has 1 saturated heterocycles. The van der Waals surface area contributed by atoms with Crippen LogP contribution >= 0.6 is 0 Å². The molecular formula is C8H16O3. The minimum Gasteiger partial charge on any atom is -0.391 e. The summed E-state index contributed by atoms with van der Waals surface area (Å²) in [5.41, 5.74) is 0. The Morgan fingerprint density at radius 3 is 2.09 bits per heavy atom. The van der Waals surface area contributed by atoms with E-state index in [1.807, 2.05) is 13.8 Å². The van der Waals surface area contributed by atoms with Crippen LogP contribution in [0.4, 0.5) is 0 Å². The first-order valence-corrected chi connectivity index (χ1v) is 4.05. The molecule has 0 aromatic carbocycles. The van der Waals surface area contributed by atoms with Gasteiger partial charge in [-0.25, -0.2) is 0 Å². The summed E-state index contributed by atoms with van der Waals surface area (Å²) in [5.74, 6) is 0.0324. The smallest absolute Gasteiger partial charge is 0.0887 e. The Labute approximate surface area is 67.0 Å². The van der Waals surface area contributed by atoms with Crippen LogP contribution in [-0.2, 0) is 4.74 Å². The molecule has 0 saturated carbocycles. The van der Waals surface area contributed by atoms with E-state index in [2.05, 4.69) is 0 Å². The molecule has 0 unspecified atom stereocenters. The van der Waals surface area contributed by atoms with Crippen LogP contribution in [0.25, 0.3) is 0 Å². The van der Waals surface area contributed by atoms with Gasteiger partial charge in [-0.1, -0.05) is 6.92 Å². The zero-order chi connectivity index (χ0) is 8.59. The van der Waals surface area contributed by atoms with Crippen LogP contribution in [0, 0.1) is 5.92 Å². The maximum absolute atomic E-state index is 9.45. The SMILES string of the molecule is C[C@H]1[C@@H](O)[C@H](C)O[C@@H]1[C@@H](C)O. The van der Waals surface area contributed by atoms with Crippen molar-refractivity contribution < 1.29 is 14.9 Å². The van der Waals surface area contributed by atoms with Gasteiger partial charge in [0.25, 0.3) is 0 Å². The number of rotatable bonds is 1. The van der Waals surface area contributed by atoms with Crippen molar-refractivity contribution in [3.05, 3.63) is 0 Å². The highest BCUT2D eigenvalue weighted by Gasteiger charge is 2.40. The van der Waals surface area contributed by atoms with Gasteiger partial charge in [0, 0.05) is 5.92 Å². The topological polar surface area (TPSA) is 49.7 Å². The molecule has 0 aromatic rings. The van der Waals surface area contributed by atoms with Gasteiger partial charge in [0.2, 0.25) is 0 Å². The summed E-state index contributed by atoms with van der Waals surface area (Å²) >= 11 is 0. The first kappa shape index (κ1) is 8.97. The monoisotopic (exact) mass is 160 g/mol. The van der Waals surface area contributed by atoms with E-state index in [0.717, 1.165) is 0 Å². The average molecular weight is 160 g/mol. The van der Waals surface area contributed by atoms with Crippen LogP contribution in [-0.4, -0.2) is 34.6 Å². The number of aliphatic hydroxyl groups excluding tert-OH is 2. The lowest BCUT2D eigenvalue weighted by molar-refractivity contribution is -0.0357. The fourth-order valence-electron chi connectivity index (χ4n) is 1.63. The van der Waals surface area contributed by atoms with Gasteiger partial charge in [-0.3, -0.25) is 0 Å². The van der Waals surface area contributed by atoms with Crippen molar-refractivity contribution in [1.82, 2.24) is 0 Å². The van der Waals surface area contributed by atoms with Crippen molar-refractivity contribution in [2.24, 2.45) is 5.92 Å². The Morgan fingerprint density at radius 1 is 1.36 bits per heavy atom. The third-order valence-corrected chi connectivity index (χ3v) is 2.39. The summed E-state index contributed by atoms with van der Waals surface area (Å²) in [4.78, 5) is 0. The summed E-state index contributed by atoms with van der Waals surface area (Å²) in [6.07, 6.45) is -1.29. The van der Waals surface area contributed by atoms with Gasteiger partial charge < -0.3 is 14.9 Å². The molecule has 0 spiro atoms. The quantitative estimate of drug-likeness (QED) is 0.574. The normalized spacial score (nSPS) is 47.7. The van der Waals surface area contributed by atoms with Crippen LogP contribution in [0.3, 0.4) is 0 Å². The molecule has 2 N–H and O–H groups in total. The predicted octanol–water partition coefficient (Wildman–Crippen LogP) is 0.151. The van der Waals surface area contributed by atoms with E-state index in [0.29, 0.717) is 0 Å². The molecule has 1 aliphatic heterocycles. The molecule has 0 aromatic heterocycles. The number of hydrogen-bond acceptors (Lipinski definition) is 3. The third-order valence-electron chi connectivity index (χ3n) is 2.39. The van der Waals surface area contributed by atoms with E-state index in [1.54, 1.807) is 6.92 Å². The van der Waals surface area contributed by atoms with E-state index in [9.17, 15) is 10.2 Å². The van der Waals surface area contributed by atoms with Gasteiger partial charge >= 0.3 is 0 Å². The second kappa shape index (κ2) is 3.09. The molecule has 1 fully saturated rings. The Hall–Kier alpha value is -0.120. The van der Waals surface area contributed by atoms with Crippen LogP contribution in [0.15, 0.2) is 0 Å². The number of ether oxygens (including phenoxy) is 1. The Morgan fingerprint density at radius 2 is 1.91 bits per heavy atom. The van der Waals surface area contributed by atoms with Gasteiger partial charge in [0.05, 0.1) is 24.4 Å². The molecule has 0 radical (unpaired) electrons. The van der Waals surface area contributed by atoms with Crippen molar-refractivity contribution in [2.75, 3.05) is 0 Å². The molecule has 0 bridgehead atoms. The molecular weight excluding hydrogens is 144 g/mol. The van der Waals surface area contributed by atoms with Gasteiger partial charge in [-0.2, -0.15) is 0 Å². The van der Waals surface area contributed by atoms with Gasteiger partial charge in [-0.05, 0) is 13.8 Å². The van der Waals surface area contributed by atoms with Crippen molar-refractivity contribution >= 4 is 0 Å². The minimum atomic E-state index is -0.496. The molecule has 11 heavy (non-hydrogen) atoms. The summed E-state index contributed by atoms with van der Waals surface area (Å²) in [6.45, 7) is 5.40. The molecule has 1 aliphatic rings. The van der Waals surface area contributed by atoms with Crippen molar-refractivity contribution in [3.8, 4) is 0 Å². The molecule has 3 heteroatoms. The standard InChI is InChI=1S/C8H16O3/c1-4-7(10)6(3)11-8(4)5(2)9/h4-10H,1-3H3/t4-,5+,6-,7+,8-/m0/s1. The van der Waals surface area contributed by atoms with Gasteiger partial charge in [0.1, 0.15) is 0 Å². The first-order valence-electron chi connectivity index (χ1n) is 4.05. The summed E-state index contributed by atoms with van der Waals surface area (Å²) in [5, 5.41) is 18.7. The molecule has 0 aliphatic carbocycles. The highest BCUT2D eigenvalue weighted by molar-refractivity contribution is 4.88. The lowest BCUT2D eigenvalue weighted by Crippen LogP contribution is -2.30. The van der Waals surface area contributed by atoms with Gasteiger partial charge in [-0.15, -0.1) is 0 Å². The Balaban J connectivity index is 2.59. The summed E-state index contributed by atoms with van der Waals surface area (Å²) in [7, 11) is 0. The second-order valence-electron chi connectivity index (χ2n) is 3.40. The predicted molar refractivity (Wildman–Crippen MR) is 41.2 cm³/mol. The molecule has 0 amide bonds. The second-order valence-corrected chi connectivity index (χ2v) is 3.40. The summed E-state index contributed by atoms with van der Waals surface area (Å²) < 4.78 is 5.35. The van der Waals surface area contributed by atoms with E-state index >= 15 is 0 Å². The highest BCUT2D eigenvalue weighted by atomic mass is 16.5. The molecule has 5 atom stereocenters. The van der Waals surface area contributed by atoms with Crippen LogP contribution in [0.2, 0.25) is 0 Å². The maximum atomic E-state index is 9.45. The van der Waals surface area contributed by atoms with Gasteiger partial charge in [0.15, 0.2) is 0 Å². The van der Waals surface area contributed by atoms with E-state index in [1.165, 1.54) is 0 Å². The number of hydrogen-bond donors (Lipinski definition) is 2. The van der Waals surface area contributed by atoms with Crippen LogP contribution < -0.4 is 0 Å². The van der Waals surface area contributed by atoms with Crippen molar-refractivity contribution in [2.45, 2.75) is 45.2 Å². The van der Waals surface area contributed by atoms with E-state index in [4.69, 9.17) is 4.74 Å². The first-order chi connectivity index (χ1) is 5.04. The average Bonchev–Trinajstić information content (AvgIpc) is 2.17. The molecule has 1 rings (SSSR count). The molecule has 66 valence electrons. The Kier molecular flexibility index (Phi) is 2.52. The molecule has 1 heterocycles. The highest BCUT2D eigenvalue weighted by Crippen LogP contribution is 2.28. The molecule has 3 nitrogen and oxygen atoms in total. The van der Waals surface area contributed by atoms with Crippen LogP contribution in [0.1, 0.15) is 20.8 Å². The van der Waals surface area contributed by atoms with Crippen molar-refractivity contribution in [3.63, 3.8) is 0 Å². The van der Waals surface area contributed by atoms with E-state index in [-0.39, 0.29) is 18.1 Å². The lowest BCUT2D eigenvalue weighted by atomic mass is 9.96. The van der Waals surface area contributed by atoms with Crippen LogP contribution in [0.5, 0.6) is 0 Å².